The molecular formula is C29H30N2O4. The molecule has 180 valence electrons. The number of nitrogens with one attached hydrogen (secondary N) is 2. The number of carbonyl (C=O) groups excluding carboxylic acids is 1. The number of fused-ring (bicyclic) bond motifs is 1. The van der Waals surface area contributed by atoms with Crippen LogP contribution >= 0.6 is 0 Å². The van der Waals surface area contributed by atoms with Crippen molar-refractivity contribution in [2.24, 2.45) is 0 Å². The second-order valence-electron chi connectivity index (χ2n) is 8.79. The maximum Gasteiger partial charge on any atom is 0.163 e. The van der Waals surface area contributed by atoms with Gasteiger partial charge in [-0.2, -0.15) is 0 Å². The van der Waals surface area contributed by atoms with E-state index in [0.717, 1.165) is 39.5 Å². The summed E-state index contributed by atoms with van der Waals surface area (Å²) < 4.78 is 16.7. The lowest BCUT2D eigenvalue weighted by atomic mass is 9.78. The number of Topliss-reactive ketones (excluding diaryl/α,β-unsaturated/α-hetero) is 1. The summed E-state index contributed by atoms with van der Waals surface area (Å²) in [5.41, 5.74) is 5.72. The molecule has 0 bridgehead atoms. The standard InChI is InChI=1S/C29H30N2O4/c1-4-35-21-9-7-8-19(14-21)29-28-24(30-22-10-5-6-11-23(22)31-29)15-20(16-25(28)32)18-12-13-26(33-2)27(17-18)34-3/h5-14,17,20,29-31H,4,15-16H2,1-3H3. The van der Waals surface area contributed by atoms with Crippen molar-refractivity contribution in [3.63, 3.8) is 0 Å². The Morgan fingerprint density at radius 3 is 2.43 bits per heavy atom. The predicted octanol–water partition coefficient (Wildman–Crippen LogP) is 6.08. The Balaban J connectivity index is 1.57. The van der Waals surface area contributed by atoms with Crippen molar-refractivity contribution in [1.82, 2.24) is 0 Å². The van der Waals surface area contributed by atoms with Gasteiger partial charge in [0.15, 0.2) is 17.3 Å². The highest BCUT2D eigenvalue weighted by Gasteiger charge is 2.36. The van der Waals surface area contributed by atoms with Crippen molar-refractivity contribution in [3.8, 4) is 17.2 Å². The smallest absolute Gasteiger partial charge is 0.163 e. The fourth-order valence-electron chi connectivity index (χ4n) is 5.04. The average Bonchev–Trinajstić information content (AvgIpc) is 3.05. The quantitative estimate of drug-likeness (QED) is 0.455. The molecule has 0 aromatic heterocycles. The number of hydrogen-bond donors (Lipinski definition) is 2. The zero-order valence-electron chi connectivity index (χ0n) is 20.3. The Morgan fingerprint density at radius 1 is 0.857 bits per heavy atom. The minimum absolute atomic E-state index is 0.0363. The molecule has 2 unspecified atom stereocenters. The van der Waals surface area contributed by atoms with E-state index in [1.165, 1.54) is 0 Å². The number of methoxy groups -OCH3 is 2. The van der Waals surface area contributed by atoms with E-state index in [1.807, 2.05) is 73.7 Å². The van der Waals surface area contributed by atoms with Gasteiger partial charge in [0.25, 0.3) is 0 Å². The third kappa shape index (κ3) is 4.44. The van der Waals surface area contributed by atoms with Crippen molar-refractivity contribution < 1.29 is 19.0 Å². The average molecular weight is 471 g/mol. The van der Waals surface area contributed by atoms with E-state index >= 15 is 0 Å². The van der Waals surface area contributed by atoms with Crippen LogP contribution in [0.4, 0.5) is 11.4 Å². The van der Waals surface area contributed by atoms with Crippen molar-refractivity contribution in [2.45, 2.75) is 31.7 Å². The molecule has 5 rings (SSSR count). The summed E-state index contributed by atoms with van der Waals surface area (Å²) in [4.78, 5) is 13.8. The van der Waals surface area contributed by atoms with Crippen molar-refractivity contribution >= 4 is 17.2 Å². The lowest BCUT2D eigenvalue weighted by molar-refractivity contribution is -0.116. The van der Waals surface area contributed by atoms with Gasteiger partial charge in [-0.15, -0.1) is 0 Å². The van der Waals surface area contributed by atoms with E-state index in [-0.39, 0.29) is 17.7 Å². The van der Waals surface area contributed by atoms with Gasteiger partial charge in [0.1, 0.15) is 5.75 Å². The first-order valence-corrected chi connectivity index (χ1v) is 11.9. The van der Waals surface area contributed by atoms with Gasteiger partial charge in [-0.25, -0.2) is 0 Å². The van der Waals surface area contributed by atoms with Gasteiger partial charge >= 0.3 is 0 Å². The number of benzene rings is 3. The van der Waals surface area contributed by atoms with Crippen LogP contribution in [0.5, 0.6) is 17.2 Å². The topological polar surface area (TPSA) is 68.8 Å². The minimum atomic E-state index is -0.277. The highest BCUT2D eigenvalue weighted by molar-refractivity contribution is 6.01. The molecule has 2 N–H and O–H groups in total. The van der Waals surface area contributed by atoms with Gasteiger partial charge in [0, 0.05) is 17.7 Å². The molecule has 6 nitrogen and oxygen atoms in total. The highest BCUT2D eigenvalue weighted by Crippen LogP contribution is 2.45. The molecule has 1 aliphatic carbocycles. The summed E-state index contributed by atoms with van der Waals surface area (Å²) >= 11 is 0. The number of allylic oxidation sites excluding steroid dienone is 1. The lowest BCUT2D eigenvalue weighted by Gasteiger charge is -2.30. The van der Waals surface area contributed by atoms with Gasteiger partial charge in [0.2, 0.25) is 0 Å². The summed E-state index contributed by atoms with van der Waals surface area (Å²) in [7, 11) is 3.25. The Morgan fingerprint density at radius 2 is 1.66 bits per heavy atom. The highest BCUT2D eigenvalue weighted by atomic mass is 16.5. The second-order valence-corrected chi connectivity index (χ2v) is 8.79. The van der Waals surface area contributed by atoms with Crippen LogP contribution in [0, 0.1) is 0 Å². The Bertz CT molecular complexity index is 1280. The molecule has 0 radical (unpaired) electrons. The van der Waals surface area contributed by atoms with Crippen molar-refractivity contribution in [3.05, 3.63) is 89.1 Å². The number of carbonyl (C=O) groups is 1. The fraction of sp³-hybridized carbons (Fsp3) is 0.276. The first-order chi connectivity index (χ1) is 17.1. The number of anilines is 2. The van der Waals surface area contributed by atoms with Gasteiger partial charge < -0.3 is 24.8 Å². The summed E-state index contributed by atoms with van der Waals surface area (Å²) in [5, 5.41) is 7.22. The number of ether oxygens (including phenoxy) is 3. The molecule has 0 spiro atoms. The van der Waals surface area contributed by atoms with Crippen molar-refractivity contribution in [2.75, 3.05) is 31.5 Å². The Labute approximate surface area is 205 Å². The zero-order valence-corrected chi connectivity index (χ0v) is 20.3. The minimum Gasteiger partial charge on any atom is -0.494 e. The van der Waals surface area contributed by atoms with Crippen LogP contribution in [-0.4, -0.2) is 26.6 Å². The first kappa shape index (κ1) is 22.8. The van der Waals surface area contributed by atoms with Gasteiger partial charge in [-0.3, -0.25) is 4.79 Å². The van der Waals surface area contributed by atoms with Gasteiger partial charge in [0.05, 0.1) is 38.2 Å². The molecule has 3 aromatic rings. The molecule has 1 aliphatic heterocycles. The van der Waals surface area contributed by atoms with Crippen LogP contribution in [0.1, 0.15) is 42.9 Å². The molecule has 1 heterocycles. The van der Waals surface area contributed by atoms with E-state index in [4.69, 9.17) is 14.2 Å². The summed E-state index contributed by atoms with van der Waals surface area (Å²) in [6.45, 7) is 2.56. The molecular weight excluding hydrogens is 440 g/mol. The molecule has 0 saturated heterocycles. The van der Waals surface area contributed by atoms with Gasteiger partial charge in [-0.1, -0.05) is 30.3 Å². The monoisotopic (exact) mass is 470 g/mol. The Hall–Kier alpha value is -3.93. The van der Waals surface area contributed by atoms with Crippen LogP contribution in [0.15, 0.2) is 78.0 Å². The molecule has 0 saturated carbocycles. The summed E-state index contributed by atoms with van der Waals surface area (Å²) in [6.07, 6.45) is 1.14. The molecule has 2 atom stereocenters. The lowest BCUT2D eigenvalue weighted by Crippen LogP contribution is -2.27. The largest absolute Gasteiger partial charge is 0.494 e. The molecule has 2 aliphatic rings. The van der Waals surface area contributed by atoms with Crippen LogP contribution in [0.2, 0.25) is 0 Å². The second kappa shape index (κ2) is 9.74. The number of para-hydroxylation sites is 2. The third-order valence-electron chi connectivity index (χ3n) is 6.69. The van der Waals surface area contributed by atoms with Crippen LogP contribution in [0.3, 0.4) is 0 Å². The third-order valence-corrected chi connectivity index (χ3v) is 6.69. The van der Waals surface area contributed by atoms with Crippen LogP contribution in [0.25, 0.3) is 0 Å². The molecule has 35 heavy (non-hydrogen) atoms. The molecule has 0 amide bonds. The van der Waals surface area contributed by atoms with E-state index in [2.05, 4.69) is 10.6 Å². The first-order valence-electron chi connectivity index (χ1n) is 11.9. The summed E-state index contributed by atoms with van der Waals surface area (Å²) in [6, 6.07) is 21.7. The van der Waals surface area contributed by atoms with E-state index in [1.54, 1.807) is 14.2 Å². The van der Waals surface area contributed by atoms with Crippen molar-refractivity contribution in [1.29, 1.82) is 0 Å². The summed E-state index contributed by atoms with van der Waals surface area (Å²) in [5.74, 6) is 2.31. The number of rotatable bonds is 6. The zero-order chi connectivity index (χ0) is 24.4. The molecule has 0 fully saturated rings. The van der Waals surface area contributed by atoms with Crippen LogP contribution in [-0.2, 0) is 4.79 Å². The van der Waals surface area contributed by atoms with Crippen LogP contribution < -0.4 is 24.8 Å². The maximum atomic E-state index is 13.8. The van der Waals surface area contributed by atoms with Gasteiger partial charge in [-0.05, 0) is 66.8 Å². The number of ketones is 1. The molecule has 6 heteroatoms. The normalized spacial score (nSPS) is 19.0. The number of hydrogen-bond acceptors (Lipinski definition) is 6. The SMILES string of the molecule is CCOc1cccc(C2Nc3ccccc3NC3=C2C(=O)CC(c2ccc(OC)c(OC)c2)C3)c1. The fourth-order valence-corrected chi connectivity index (χ4v) is 5.04. The molecule has 3 aromatic carbocycles. The van der Waals surface area contributed by atoms with E-state index in [0.29, 0.717) is 30.9 Å². The van der Waals surface area contributed by atoms with E-state index < -0.39 is 0 Å². The predicted molar refractivity (Wildman–Crippen MR) is 138 cm³/mol. The maximum absolute atomic E-state index is 13.8. The van der Waals surface area contributed by atoms with E-state index in [9.17, 15) is 4.79 Å². The Kier molecular flexibility index (Phi) is 6.36.